The fourth-order valence-electron chi connectivity index (χ4n) is 13.7. The van der Waals surface area contributed by atoms with Gasteiger partial charge in [-0.15, -0.1) is 12.4 Å². The maximum absolute atomic E-state index is 12.8. The van der Waals surface area contributed by atoms with Crippen molar-refractivity contribution in [1.82, 2.24) is 44.9 Å². The zero-order valence-electron chi connectivity index (χ0n) is 62.3. The first-order chi connectivity index (χ1) is 53.0. The molecule has 10 heterocycles. The van der Waals surface area contributed by atoms with Crippen molar-refractivity contribution in [1.29, 1.82) is 0 Å². The smallest absolute Gasteiger partial charge is 0.407 e. The molecule has 25 heteroatoms. The van der Waals surface area contributed by atoms with Gasteiger partial charge < -0.3 is 59.8 Å². The van der Waals surface area contributed by atoms with Crippen LogP contribution in [0, 0.1) is 0 Å². The van der Waals surface area contributed by atoms with Crippen molar-refractivity contribution in [3.63, 3.8) is 0 Å². The average molecular weight is 1520 g/mol. The third-order valence-electron chi connectivity index (χ3n) is 19.1. The number of pyridine rings is 5. The van der Waals surface area contributed by atoms with E-state index in [0.29, 0.717) is 101 Å². The lowest BCUT2D eigenvalue weighted by molar-refractivity contribution is -0.131. The van der Waals surface area contributed by atoms with E-state index in [9.17, 15) is 28.8 Å². The third-order valence-corrected chi connectivity index (χ3v) is 19.4. The van der Waals surface area contributed by atoms with E-state index in [1.54, 1.807) is 24.7 Å². The maximum atomic E-state index is 12.8. The van der Waals surface area contributed by atoms with Crippen LogP contribution >= 0.6 is 24.0 Å². The molecule has 23 nitrogen and oxygen atoms in total. The lowest BCUT2D eigenvalue weighted by atomic mass is 10.1. The number of nitrogens with zero attached hydrogens (tertiary/aromatic N) is 12. The average Bonchev–Trinajstić information content (AvgIpc) is 0.855. The third kappa shape index (κ3) is 21.0. The molecule has 6 aromatic carbocycles. The molecule has 110 heavy (non-hydrogen) atoms. The number of nitrogens with two attached hydrogens (primary N) is 1. The highest BCUT2D eigenvalue weighted by Crippen LogP contribution is 2.31. The summed E-state index contributed by atoms with van der Waals surface area (Å²) in [5.74, 6) is 4.23. The summed E-state index contributed by atoms with van der Waals surface area (Å²) in [7, 11) is 0. The van der Waals surface area contributed by atoms with Gasteiger partial charge in [0.2, 0.25) is 17.7 Å². The molecule has 0 bridgehead atoms. The fraction of sp³-hybridized carbons (Fsp3) is 0.306. The minimum absolute atomic E-state index is 0. The van der Waals surface area contributed by atoms with Crippen LogP contribution in [0.2, 0.25) is 5.15 Å². The van der Waals surface area contributed by atoms with Gasteiger partial charge in [-0.05, 0) is 122 Å². The van der Waals surface area contributed by atoms with Gasteiger partial charge in [-0.3, -0.25) is 19.2 Å². The number of fused-ring (bicyclic) bond motifs is 6. The van der Waals surface area contributed by atoms with Crippen LogP contribution in [0.25, 0.3) is 64.8 Å². The summed E-state index contributed by atoms with van der Waals surface area (Å²) in [4.78, 5) is 108. The Hall–Kier alpha value is -11.5. The van der Waals surface area contributed by atoms with Crippen molar-refractivity contribution in [2.45, 2.75) is 58.5 Å². The van der Waals surface area contributed by atoms with Crippen LogP contribution in [0.15, 0.2) is 222 Å². The van der Waals surface area contributed by atoms with E-state index >= 15 is 0 Å². The molecular formula is C85H93Cl2N15O8. The molecule has 0 radical (unpaired) electrons. The molecule has 570 valence electrons. The lowest BCUT2D eigenvalue weighted by Gasteiger charge is -2.35. The van der Waals surface area contributed by atoms with Crippen molar-refractivity contribution >= 4 is 147 Å². The van der Waals surface area contributed by atoms with Gasteiger partial charge in [0.15, 0.2) is 5.78 Å². The van der Waals surface area contributed by atoms with Gasteiger partial charge in [0.25, 0.3) is 0 Å². The molecule has 16 rings (SSSR count). The maximum Gasteiger partial charge on any atom is 0.407 e. The Morgan fingerprint density at radius 3 is 1.25 bits per heavy atom. The first-order valence-corrected chi connectivity index (χ1v) is 37.5. The Morgan fingerprint density at radius 2 is 0.836 bits per heavy atom. The van der Waals surface area contributed by atoms with Gasteiger partial charge in [0.05, 0.1) is 31.9 Å². The SMILES string of the molecule is CC(C)(C)OC(=O)NCCCN1CCN(c2nccc3ccccc23)CC1=O.Cl.Clc1nccc2ccccc12.NCCCN1CCN(c2nccc3ccccc23)CC1=O.O=C1CCCN(c2nccc3ccccc23)C1.O=C1CN(c2nccc3ccccc23)CCN1CCCNc1cc(=O)oc2ccccc12. The van der Waals surface area contributed by atoms with E-state index in [2.05, 4.69) is 86.7 Å². The summed E-state index contributed by atoms with van der Waals surface area (Å²) in [5, 5.41) is 18.6. The molecule has 0 saturated carbocycles. The van der Waals surface area contributed by atoms with Crippen LogP contribution in [0.1, 0.15) is 52.9 Å². The number of piperidine rings is 1. The number of halogens is 2. The number of ether oxygens (including phenoxy) is 1. The summed E-state index contributed by atoms with van der Waals surface area (Å²) in [6, 6.07) is 59.3. The van der Waals surface area contributed by atoms with Gasteiger partial charge in [0, 0.05) is 154 Å². The van der Waals surface area contributed by atoms with Crippen LogP contribution in [0.4, 0.5) is 33.8 Å². The highest BCUT2D eigenvalue weighted by Gasteiger charge is 2.29. The van der Waals surface area contributed by atoms with Crippen LogP contribution in [0.3, 0.4) is 0 Å². The van der Waals surface area contributed by atoms with Crippen LogP contribution in [0.5, 0.6) is 0 Å². The number of para-hydroxylation sites is 1. The number of hydrogen-bond acceptors (Lipinski definition) is 19. The second-order valence-electron chi connectivity index (χ2n) is 27.9. The topological polar surface area (TPSA) is 262 Å². The van der Waals surface area contributed by atoms with E-state index in [0.717, 1.165) is 141 Å². The number of rotatable bonds is 16. The number of carbonyl (C=O) groups is 5. The summed E-state index contributed by atoms with van der Waals surface area (Å²) in [6.07, 6.45) is 12.5. The Labute approximate surface area is 650 Å². The molecule has 12 aromatic rings. The second kappa shape index (κ2) is 38.5. The molecule has 4 saturated heterocycles. The number of benzene rings is 6. The highest BCUT2D eigenvalue weighted by molar-refractivity contribution is 6.34. The van der Waals surface area contributed by atoms with Crippen LogP contribution in [-0.2, 0) is 23.9 Å². The van der Waals surface area contributed by atoms with E-state index in [4.69, 9.17) is 26.5 Å². The first kappa shape index (κ1) is 79.5. The number of anilines is 5. The zero-order chi connectivity index (χ0) is 76.1. The van der Waals surface area contributed by atoms with Gasteiger partial charge in [0.1, 0.15) is 39.6 Å². The minimum atomic E-state index is -0.508. The largest absolute Gasteiger partial charge is 0.444 e. The second-order valence-corrected chi connectivity index (χ2v) is 28.3. The molecule has 4 aliphatic heterocycles. The number of amides is 4. The van der Waals surface area contributed by atoms with Gasteiger partial charge >= 0.3 is 11.7 Å². The number of aromatic nitrogens is 5. The molecule has 4 aliphatic rings. The Morgan fingerprint density at radius 1 is 0.464 bits per heavy atom. The highest BCUT2D eigenvalue weighted by atomic mass is 35.5. The van der Waals surface area contributed by atoms with Crippen molar-refractivity contribution in [2.24, 2.45) is 5.73 Å². The number of piperazine rings is 3. The number of Topliss-reactive ketones (excluding diaryl/α,β-unsaturated/α-hetero) is 1. The number of nitrogens with one attached hydrogen (secondary N) is 2. The Bertz CT molecular complexity index is 5200. The summed E-state index contributed by atoms with van der Waals surface area (Å²) < 4.78 is 10.4. The van der Waals surface area contributed by atoms with E-state index in [-0.39, 0.29) is 35.8 Å². The molecule has 0 atom stereocenters. The molecular weight excluding hydrogens is 1430 g/mol. The van der Waals surface area contributed by atoms with Gasteiger partial charge in [-0.2, -0.15) is 0 Å². The summed E-state index contributed by atoms with van der Waals surface area (Å²) in [6.45, 7) is 16.1. The Kier molecular flexibility index (Phi) is 27.8. The lowest BCUT2D eigenvalue weighted by Crippen LogP contribution is -2.51. The molecule has 4 N–H and O–H groups in total. The van der Waals surface area contributed by atoms with Crippen molar-refractivity contribution < 1.29 is 33.1 Å². The van der Waals surface area contributed by atoms with Crippen molar-refractivity contribution in [3.05, 3.63) is 229 Å². The quantitative estimate of drug-likeness (QED) is 0.0461. The van der Waals surface area contributed by atoms with Gasteiger partial charge in [-0.1, -0.05) is 145 Å². The van der Waals surface area contributed by atoms with Crippen molar-refractivity contribution in [2.75, 3.05) is 136 Å². The molecule has 6 aromatic heterocycles. The number of ketones is 1. The predicted molar refractivity (Wildman–Crippen MR) is 442 cm³/mol. The van der Waals surface area contributed by atoms with Gasteiger partial charge in [-0.25, -0.2) is 34.5 Å². The Balaban J connectivity index is 0.000000141. The van der Waals surface area contributed by atoms with Crippen LogP contribution in [-0.4, -0.2) is 186 Å². The molecule has 4 amide bonds. The first-order valence-electron chi connectivity index (χ1n) is 37.2. The van der Waals surface area contributed by atoms with E-state index < -0.39 is 11.7 Å². The van der Waals surface area contributed by atoms with E-state index in [1.165, 1.54) is 11.5 Å². The molecule has 0 aliphatic carbocycles. The number of hydrogen-bond donors (Lipinski definition) is 3. The number of alkyl carbamates (subject to hydrolysis) is 1. The van der Waals surface area contributed by atoms with Crippen molar-refractivity contribution in [3.8, 4) is 0 Å². The molecule has 4 fully saturated rings. The summed E-state index contributed by atoms with van der Waals surface area (Å²) >= 11 is 5.85. The van der Waals surface area contributed by atoms with E-state index in [1.807, 2.05) is 186 Å². The zero-order valence-corrected chi connectivity index (χ0v) is 63.8. The van der Waals surface area contributed by atoms with Crippen LogP contribution < -0.4 is 41.6 Å². The molecule has 0 spiro atoms. The monoisotopic (exact) mass is 1520 g/mol. The standard InChI is InChI=1S/C25H24N4O3.C21H28N4O3.C16H20N4O.C14H14N2O.C9H6ClN.ClH/c30-23-17-29(25-19-7-2-1-6-18(19)10-12-27-25)15-14-28(23)13-5-11-26-21-16-24(31)32-22-9-4-3-8-20(21)22;1-21(2,3)28-20(27)23-10-6-12-24-13-14-25(15-18(24)26)19-17-8-5-4-7-16(17)9-11-22-19;17-7-3-9-19-10-11-20(12-15(19)21)16-14-5-2-1-4-13(14)6-8-18-16;17-12-5-3-9-16(10-12)14-13-6-2-1-4-11(13)7-8-15-14;10-9-8-4-2-1-3-7(8)5-6-11-9;/h1-4,6-10,12,16,26H,5,11,13-15,17H2;4-5,7-9,11H,6,10,12-15H2,1-3H3,(H,23,27);1-2,4-6,8H,3,7,9-12,17H2;1-2,4,6-8H,3,5,9-10H2;1-6H;1H. The summed E-state index contributed by atoms with van der Waals surface area (Å²) in [5.41, 5.74) is 5.95. The fourth-order valence-corrected chi connectivity index (χ4v) is 13.9. The normalized spacial score (nSPS) is 14.6. The minimum Gasteiger partial charge on any atom is -0.444 e. The molecule has 0 unspecified atom stereocenters. The predicted octanol–water partition coefficient (Wildman–Crippen LogP) is 13.2. The number of carbonyl (C=O) groups excluding carboxylic acids is 5.